The maximum absolute atomic E-state index is 11.7. The summed E-state index contributed by atoms with van der Waals surface area (Å²) in [5.74, 6) is -0.156. The van der Waals surface area contributed by atoms with E-state index in [0.717, 1.165) is 31.6 Å². The summed E-state index contributed by atoms with van der Waals surface area (Å²) in [6.07, 6.45) is 2.24. The lowest BCUT2D eigenvalue weighted by Gasteiger charge is -2.30. The molecule has 1 aromatic rings. The second kappa shape index (κ2) is 6.26. The van der Waals surface area contributed by atoms with E-state index in [1.54, 1.807) is 13.1 Å². The van der Waals surface area contributed by atoms with Crippen LogP contribution in [0.15, 0.2) is 18.2 Å². The summed E-state index contributed by atoms with van der Waals surface area (Å²) in [5.41, 5.74) is 1.47. The van der Waals surface area contributed by atoms with E-state index >= 15 is 0 Å². The molecule has 1 aromatic carbocycles. The van der Waals surface area contributed by atoms with E-state index in [1.165, 1.54) is 0 Å². The van der Waals surface area contributed by atoms with Crippen molar-refractivity contribution >= 4 is 23.2 Å². The first-order valence-electron chi connectivity index (χ1n) is 6.57. The van der Waals surface area contributed by atoms with Crippen LogP contribution in [-0.4, -0.2) is 44.0 Å². The Balaban J connectivity index is 2.06. The third-order valence-electron chi connectivity index (χ3n) is 3.53. The zero-order valence-corrected chi connectivity index (χ0v) is 12.1. The van der Waals surface area contributed by atoms with Crippen molar-refractivity contribution in [3.63, 3.8) is 0 Å². The quantitative estimate of drug-likeness (QED) is 0.893. The summed E-state index contributed by atoms with van der Waals surface area (Å²) in [4.78, 5) is 14.0. The van der Waals surface area contributed by atoms with Gasteiger partial charge in [0.15, 0.2) is 0 Å². The van der Waals surface area contributed by atoms with Crippen LogP contribution in [0.3, 0.4) is 0 Å². The lowest BCUT2D eigenvalue weighted by molar-refractivity contribution is 0.0963. The minimum Gasteiger partial charge on any atom is -0.382 e. The van der Waals surface area contributed by atoms with E-state index in [0.29, 0.717) is 16.6 Å². The van der Waals surface area contributed by atoms with Gasteiger partial charge < -0.3 is 15.5 Å². The van der Waals surface area contributed by atoms with Crippen LogP contribution >= 0.6 is 11.6 Å². The van der Waals surface area contributed by atoms with Crippen molar-refractivity contribution in [2.45, 2.75) is 18.9 Å². The SMILES string of the molecule is CNC(=O)c1cc(NC2CCN(C)CC2)ccc1Cl. The van der Waals surface area contributed by atoms with E-state index in [9.17, 15) is 4.79 Å². The van der Waals surface area contributed by atoms with Crippen LogP contribution in [0, 0.1) is 0 Å². The Morgan fingerprint density at radius 3 is 2.68 bits per heavy atom. The number of benzene rings is 1. The molecule has 2 rings (SSSR count). The molecule has 1 saturated heterocycles. The lowest BCUT2D eigenvalue weighted by Crippen LogP contribution is -2.36. The van der Waals surface area contributed by atoms with Gasteiger partial charge in [0.05, 0.1) is 10.6 Å². The average molecular weight is 282 g/mol. The molecule has 1 aliphatic rings. The minimum atomic E-state index is -0.156. The molecule has 0 radical (unpaired) electrons. The molecule has 0 unspecified atom stereocenters. The normalized spacial score (nSPS) is 17.2. The molecule has 104 valence electrons. The van der Waals surface area contributed by atoms with Gasteiger partial charge in [-0.2, -0.15) is 0 Å². The van der Waals surface area contributed by atoms with Gasteiger partial charge >= 0.3 is 0 Å². The Hall–Kier alpha value is -1.26. The van der Waals surface area contributed by atoms with Gasteiger partial charge in [-0.25, -0.2) is 0 Å². The summed E-state index contributed by atoms with van der Waals surface area (Å²) >= 11 is 6.04. The van der Waals surface area contributed by atoms with Gasteiger partial charge in [0.2, 0.25) is 0 Å². The van der Waals surface area contributed by atoms with Crippen molar-refractivity contribution < 1.29 is 4.79 Å². The highest BCUT2D eigenvalue weighted by atomic mass is 35.5. The standard InChI is InChI=1S/C14H20ClN3O/c1-16-14(19)12-9-11(3-4-13(12)15)17-10-5-7-18(2)8-6-10/h3-4,9-10,17H,5-8H2,1-2H3,(H,16,19). The van der Waals surface area contributed by atoms with Crippen LogP contribution in [0.4, 0.5) is 5.69 Å². The number of hydrogen-bond acceptors (Lipinski definition) is 3. The van der Waals surface area contributed by atoms with Gasteiger partial charge in [-0.1, -0.05) is 11.6 Å². The number of halogens is 1. The second-order valence-electron chi connectivity index (χ2n) is 5.00. The number of nitrogens with zero attached hydrogens (tertiary/aromatic N) is 1. The Morgan fingerprint density at radius 1 is 1.37 bits per heavy atom. The van der Waals surface area contributed by atoms with Gasteiger partial charge in [0.1, 0.15) is 0 Å². The smallest absolute Gasteiger partial charge is 0.252 e. The predicted molar refractivity (Wildman–Crippen MR) is 79.0 cm³/mol. The average Bonchev–Trinajstić information content (AvgIpc) is 2.42. The second-order valence-corrected chi connectivity index (χ2v) is 5.40. The molecular formula is C14H20ClN3O. The number of amides is 1. The number of carbonyl (C=O) groups is 1. The fourth-order valence-electron chi connectivity index (χ4n) is 2.31. The zero-order chi connectivity index (χ0) is 13.8. The van der Waals surface area contributed by atoms with Gasteiger partial charge in [-0.15, -0.1) is 0 Å². The maximum Gasteiger partial charge on any atom is 0.252 e. The highest BCUT2D eigenvalue weighted by Crippen LogP contribution is 2.22. The van der Waals surface area contributed by atoms with Crippen molar-refractivity contribution in [3.8, 4) is 0 Å². The lowest BCUT2D eigenvalue weighted by atomic mass is 10.0. The summed E-state index contributed by atoms with van der Waals surface area (Å²) in [6, 6.07) is 5.98. The molecule has 0 bridgehead atoms. The predicted octanol–water partition coefficient (Wildman–Crippen LogP) is 2.21. The molecule has 0 saturated carbocycles. The first kappa shape index (κ1) is 14.2. The molecule has 0 aromatic heterocycles. The van der Waals surface area contributed by atoms with Crippen LogP contribution in [0.25, 0.3) is 0 Å². The van der Waals surface area contributed by atoms with E-state index in [2.05, 4.69) is 22.6 Å². The molecule has 1 amide bonds. The summed E-state index contributed by atoms with van der Waals surface area (Å²) in [5, 5.41) is 6.56. The Bertz CT molecular complexity index is 456. The van der Waals surface area contributed by atoms with Crippen molar-refractivity contribution in [2.75, 3.05) is 32.5 Å². The molecule has 1 fully saturated rings. The van der Waals surface area contributed by atoms with Crippen LogP contribution in [-0.2, 0) is 0 Å². The number of carbonyl (C=O) groups excluding carboxylic acids is 1. The van der Waals surface area contributed by atoms with Crippen molar-refractivity contribution in [1.29, 1.82) is 0 Å². The fourth-order valence-corrected chi connectivity index (χ4v) is 2.52. The maximum atomic E-state index is 11.7. The third kappa shape index (κ3) is 3.61. The van der Waals surface area contributed by atoms with Crippen LogP contribution in [0.2, 0.25) is 5.02 Å². The topological polar surface area (TPSA) is 44.4 Å². The first-order chi connectivity index (χ1) is 9.10. The largest absolute Gasteiger partial charge is 0.382 e. The van der Waals surface area contributed by atoms with Crippen molar-refractivity contribution in [1.82, 2.24) is 10.2 Å². The van der Waals surface area contributed by atoms with Gasteiger partial charge in [0.25, 0.3) is 5.91 Å². The van der Waals surface area contributed by atoms with E-state index < -0.39 is 0 Å². The molecule has 2 N–H and O–H groups in total. The number of piperidine rings is 1. The number of anilines is 1. The monoisotopic (exact) mass is 281 g/mol. The summed E-state index contributed by atoms with van der Waals surface area (Å²) in [7, 11) is 3.75. The van der Waals surface area contributed by atoms with Gasteiger partial charge in [-0.05, 0) is 51.2 Å². The number of hydrogen-bond donors (Lipinski definition) is 2. The van der Waals surface area contributed by atoms with Crippen LogP contribution < -0.4 is 10.6 Å². The van der Waals surface area contributed by atoms with E-state index in [-0.39, 0.29) is 5.91 Å². The molecule has 5 heteroatoms. The Kier molecular flexibility index (Phi) is 4.66. The fraction of sp³-hybridized carbons (Fsp3) is 0.500. The zero-order valence-electron chi connectivity index (χ0n) is 11.4. The minimum absolute atomic E-state index is 0.156. The Labute approximate surface area is 119 Å². The number of rotatable bonds is 3. The molecule has 1 aliphatic heterocycles. The third-order valence-corrected chi connectivity index (χ3v) is 3.86. The molecule has 0 spiro atoms. The number of likely N-dealkylation sites (tertiary alicyclic amines) is 1. The molecule has 4 nitrogen and oxygen atoms in total. The van der Waals surface area contributed by atoms with Crippen molar-refractivity contribution in [2.24, 2.45) is 0 Å². The molecule has 0 atom stereocenters. The highest BCUT2D eigenvalue weighted by Gasteiger charge is 2.17. The number of nitrogens with one attached hydrogen (secondary N) is 2. The van der Waals surface area contributed by atoms with E-state index in [1.807, 2.05) is 12.1 Å². The Morgan fingerprint density at radius 2 is 2.05 bits per heavy atom. The molecule has 1 heterocycles. The first-order valence-corrected chi connectivity index (χ1v) is 6.94. The highest BCUT2D eigenvalue weighted by molar-refractivity contribution is 6.34. The van der Waals surface area contributed by atoms with Crippen LogP contribution in [0.5, 0.6) is 0 Å². The van der Waals surface area contributed by atoms with Crippen LogP contribution in [0.1, 0.15) is 23.2 Å². The summed E-state index contributed by atoms with van der Waals surface area (Å²) < 4.78 is 0. The molecular weight excluding hydrogens is 262 g/mol. The molecule has 19 heavy (non-hydrogen) atoms. The molecule has 0 aliphatic carbocycles. The van der Waals surface area contributed by atoms with Gasteiger partial charge in [-0.3, -0.25) is 4.79 Å². The summed E-state index contributed by atoms with van der Waals surface area (Å²) in [6.45, 7) is 2.21. The van der Waals surface area contributed by atoms with Gasteiger partial charge in [0, 0.05) is 18.8 Å². The van der Waals surface area contributed by atoms with Crippen molar-refractivity contribution in [3.05, 3.63) is 28.8 Å². The van der Waals surface area contributed by atoms with E-state index in [4.69, 9.17) is 11.6 Å².